The average molecular weight is 524 g/mol. The largest absolute Gasteiger partial charge is 0.302 e. The third kappa shape index (κ3) is 3.12. The highest BCUT2D eigenvalue weighted by Crippen LogP contribution is 2.45. The van der Waals surface area contributed by atoms with Gasteiger partial charge in [0.2, 0.25) is 0 Å². The highest BCUT2D eigenvalue weighted by atomic mass is 79.9. The molecule has 0 saturated carbocycles. The van der Waals surface area contributed by atoms with Gasteiger partial charge >= 0.3 is 0 Å². The third-order valence-corrected chi connectivity index (χ3v) is 7.89. The van der Waals surface area contributed by atoms with E-state index in [0.29, 0.717) is 25.7 Å². The van der Waals surface area contributed by atoms with Crippen molar-refractivity contribution >= 4 is 44.4 Å². The molecular weight excluding hydrogens is 504 g/mol. The zero-order valence-electron chi connectivity index (χ0n) is 16.3. The minimum atomic E-state index is -0.494. The fourth-order valence-corrected chi connectivity index (χ4v) is 5.74. The Morgan fingerprint density at radius 3 is 1.13 bits per heavy atom. The molecule has 0 N–H and O–H groups in total. The zero-order chi connectivity index (χ0) is 20.9. The minimum Gasteiger partial charge on any atom is -0.302 e. The van der Waals surface area contributed by atoms with Crippen molar-refractivity contribution in [3.8, 4) is 0 Å². The predicted octanol–water partition coefficient (Wildman–Crippen LogP) is 5.68. The van der Waals surface area contributed by atoms with Crippen molar-refractivity contribution in [1.82, 2.24) is 0 Å². The topological polar surface area (TPSA) is 34.1 Å². The van der Waals surface area contributed by atoms with E-state index in [1.165, 1.54) is 22.3 Å². The van der Waals surface area contributed by atoms with Crippen LogP contribution in [-0.2, 0) is 46.1 Å². The molecule has 2 aliphatic rings. The Morgan fingerprint density at radius 2 is 0.867 bits per heavy atom. The molecule has 0 aromatic heterocycles. The van der Waals surface area contributed by atoms with Crippen LogP contribution in [0.4, 0.5) is 0 Å². The molecule has 0 radical (unpaired) electrons. The van der Waals surface area contributed by atoms with Gasteiger partial charge < -0.3 is 9.59 Å². The molecule has 0 unspecified atom stereocenters. The summed E-state index contributed by atoms with van der Waals surface area (Å²) in [6, 6.07) is 20.7. The van der Waals surface area contributed by atoms with Gasteiger partial charge in [-0.3, -0.25) is 0 Å². The third-order valence-electron chi connectivity index (χ3n) is 6.83. The lowest BCUT2D eigenvalue weighted by molar-refractivity contribution is -0.113. The second-order valence-corrected chi connectivity index (χ2v) is 10.5. The van der Waals surface area contributed by atoms with Gasteiger partial charge in [-0.2, -0.15) is 0 Å². The molecule has 3 aromatic carbocycles. The molecule has 0 fully saturated rings. The summed E-state index contributed by atoms with van der Waals surface area (Å²) in [5.41, 5.74) is 6.09. The maximum atomic E-state index is 12.2. The molecule has 0 aliphatic heterocycles. The van der Waals surface area contributed by atoms with Crippen LogP contribution in [0.15, 0.2) is 69.6 Å². The summed E-state index contributed by atoms with van der Waals surface area (Å²) in [5.74, 6) is 0. The van der Waals surface area contributed by atoms with Crippen LogP contribution in [0.1, 0.15) is 33.4 Å². The molecular formula is C26H20Br2O2. The van der Waals surface area contributed by atoms with Gasteiger partial charge in [0, 0.05) is 8.95 Å². The minimum absolute atomic E-state index is 0.494. The predicted molar refractivity (Wildman–Crippen MR) is 125 cm³/mol. The first-order valence-electron chi connectivity index (χ1n) is 10.1. The Bertz CT molecular complexity index is 1020. The molecule has 2 aliphatic carbocycles. The molecule has 30 heavy (non-hydrogen) atoms. The van der Waals surface area contributed by atoms with E-state index in [-0.39, 0.29) is 0 Å². The molecule has 0 heterocycles. The summed E-state index contributed by atoms with van der Waals surface area (Å²) < 4.78 is 2.03. The molecule has 3 aromatic rings. The number of aldehydes is 2. The Hall–Kier alpha value is -2.04. The van der Waals surface area contributed by atoms with Crippen LogP contribution < -0.4 is 0 Å². The fourth-order valence-electron chi connectivity index (χ4n) is 5.21. The average Bonchev–Trinajstić information content (AvgIpc) is 3.31. The lowest BCUT2D eigenvalue weighted by Crippen LogP contribution is -2.29. The first-order chi connectivity index (χ1) is 14.5. The zero-order valence-corrected chi connectivity index (χ0v) is 19.5. The van der Waals surface area contributed by atoms with E-state index in [4.69, 9.17) is 0 Å². The normalized spacial score (nSPS) is 17.9. The van der Waals surface area contributed by atoms with E-state index in [1.807, 2.05) is 48.5 Å². The van der Waals surface area contributed by atoms with E-state index >= 15 is 0 Å². The lowest BCUT2D eigenvalue weighted by atomic mass is 9.78. The maximum absolute atomic E-state index is 12.2. The number of rotatable bonds is 4. The van der Waals surface area contributed by atoms with Crippen LogP contribution in [0.2, 0.25) is 0 Å². The van der Waals surface area contributed by atoms with E-state index in [1.54, 1.807) is 0 Å². The number of carbonyl (C=O) groups is 2. The molecule has 0 amide bonds. The molecule has 0 bridgehead atoms. The highest BCUT2D eigenvalue weighted by molar-refractivity contribution is 9.10. The summed E-state index contributed by atoms with van der Waals surface area (Å²) in [6.07, 6.45) is 5.11. The van der Waals surface area contributed by atoms with Crippen molar-refractivity contribution in [2.45, 2.75) is 36.5 Å². The monoisotopic (exact) mass is 522 g/mol. The van der Waals surface area contributed by atoms with E-state index in [2.05, 4.69) is 44.0 Å². The standard InChI is InChI=1S/C26H20Br2O2/c27-23-5-1-21(2-6-23)25(15-29)11-17-9-19-13-26(16-30,14-20(19)10-18(17)12-25)22-3-7-24(28)8-4-22/h1-10,15-16H,11-14H2. The van der Waals surface area contributed by atoms with Crippen molar-refractivity contribution in [2.24, 2.45) is 0 Å². The molecule has 0 spiro atoms. The fraction of sp³-hybridized carbons (Fsp3) is 0.231. The van der Waals surface area contributed by atoms with Gasteiger partial charge in [0.15, 0.2) is 0 Å². The van der Waals surface area contributed by atoms with Gasteiger partial charge in [-0.05, 0) is 83.3 Å². The smallest absolute Gasteiger partial charge is 0.131 e. The van der Waals surface area contributed by atoms with Crippen molar-refractivity contribution in [3.63, 3.8) is 0 Å². The highest BCUT2D eigenvalue weighted by Gasteiger charge is 2.43. The SMILES string of the molecule is O=CC1(c2ccc(Br)cc2)Cc2cc3c(cc2C1)CC(C=O)(c1ccc(Br)cc1)C3. The first kappa shape index (κ1) is 19.9. The van der Waals surface area contributed by atoms with Crippen LogP contribution in [0.3, 0.4) is 0 Å². The van der Waals surface area contributed by atoms with Gasteiger partial charge in [0.1, 0.15) is 12.6 Å². The molecule has 5 rings (SSSR count). The van der Waals surface area contributed by atoms with Crippen LogP contribution in [0.5, 0.6) is 0 Å². The van der Waals surface area contributed by atoms with Gasteiger partial charge in [0.05, 0.1) is 10.8 Å². The summed E-state index contributed by atoms with van der Waals surface area (Å²) in [4.78, 5) is 24.5. The van der Waals surface area contributed by atoms with Crippen LogP contribution in [0, 0.1) is 0 Å². The number of hydrogen-bond acceptors (Lipinski definition) is 2. The van der Waals surface area contributed by atoms with Gasteiger partial charge in [-0.25, -0.2) is 0 Å². The quantitative estimate of drug-likeness (QED) is 0.412. The Balaban J connectivity index is 1.49. The van der Waals surface area contributed by atoms with Gasteiger partial charge in [-0.1, -0.05) is 68.3 Å². The molecule has 0 saturated heterocycles. The van der Waals surface area contributed by atoms with E-state index < -0.39 is 10.8 Å². The second kappa shape index (κ2) is 7.28. The number of benzene rings is 3. The lowest BCUT2D eigenvalue weighted by Gasteiger charge is -2.23. The van der Waals surface area contributed by atoms with Crippen LogP contribution in [0.25, 0.3) is 0 Å². The second-order valence-electron chi connectivity index (χ2n) is 8.66. The van der Waals surface area contributed by atoms with Crippen LogP contribution in [-0.4, -0.2) is 12.6 Å². The summed E-state index contributed by atoms with van der Waals surface area (Å²) in [6.45, 7) is 0. The van der Waals surface area contributed by atoms with E-state index in [0.717, 1.165) is 32.6 Å². The first-order valence-corrected chi connectivity index (χ1v) is 11.6. The Labute approximate surface area is 193 Å². The summed E-state index contributed by atoms with van der Waals surface area (Å²) in [5, 5.41) is 0. The van der Waals surface area contributed by atoms with Crippen molar-refractivity contribution in [1.29, 1.82) is 0 Å². The van der Waals surface area contributed by atoms with Gasteiger partial charge in [0.25, 0.3) is 0 Å². The van der Waals surface area contributed by atoms with Crippen molar-refractivity contribution in [2.75, 3.05) is 0 Å². The van der Waals surface area contributed by atoms with E-state index in [9.17, 15) is 9.59 Å². The Morgan fingerprint density at radius 1 is 0.567 bits per heavy atom. The van der Waals surface area contributed by atoms with Crippen molar-refractivity contribution < 1.29 is 9.59 Å². The van der Waals surface area contributed by atoms with Crippen molar-refractivity contribution in [3.05, 3.63) is 103 Å². The number of carbonyl (C=O) groups excluding carboxylic acids is 2. The molecule has 0 atom stereocenters. The Kier molecular flexibility index (Phi) is 4.83. The molecule has 4 heteroatoms. The molecule has 2 nitrogen and oxygen atoms in total. The maximum Gasteiger partial charge on any atom is 0.131 e. The summed E-state index contributed by atoms with van der Waals surface area (Å²) >= 11 is 6.96. The number of halogens is 2. The molecule has 150 valence electrons. The van der Waals surface area contributed by atoms with Gasteiger partial charge in [-0.15, -0.1) is 0 Å². The number of hydrogen-bond donors (Lipinski definition) is 0. The summed E-state index contributed by atoms with van der Waals surface area (Å²) in [7, 11) is 0. The van der Waals surface area contributed by atoms with Crippen LogP contribution >= 0.6 is 31.9 Å². The number of fused-ring (bicyclic) bond motifs is 2.